The summed E-state index contributed by atoms with van der Waals surface area (Å²) in [4.78, 5) is 12.4. The molecule has 1 amide bonds. The summed E-state index contributed by atoms with van der Waals surface area (Å²) in [6, 6.07) is 9.22. The molecule has 1 aliphatic rings. The van der Waals surface area contributed by atoms with Crippen molar-refractivity contribution >= 4 is 5.91 Å². The highest BCUT2D eigenvalue weighted by Crippen LogP contribution is 2.37. The number of amides is 1. The first-order valence-corrected chi connectivity index (χ1v) is 7.04. The molecule has 0 aliphatic heterocycles. The molecule has 1 aromatic carbocycles. The number of carbonyl (C=O) groups is 1. The predicted octanol–water partition coefficient (Wildman–Crippen LogP) is 2.25. The van der Waals surface area contributed by atoms with Crippen LogP contribution in [0.4, 0.5) is 0 Å². The van der Waals surface area contributed by atoms with Gasteiger partial charge in [-0.25, -0.2) is 0 Å². The van der Waals surface area contributed by atoms with Crippen molar-refractivity contribution in [3.8, 4) is 6.07 Å². The molecular formula is C16H21N3O. The fourth-order valence-electron chi connectivity index (χ4n) is 2.77. The van der Waals surface area contributed by atoms with Gasteiger partial charge in [0, 0.05) is 6.04 Å². The van der Waals surface area contributed by atoms with Crippen LogP contribution < -0.4 is 11.1 Å². The van der Waals surface area contributed by atoms with Gasteiger partial charge in [-0.15, -0.1) is 0 Å². The molecule has 0 bridgehead atoms. The summed E-state index contributed by atoms with van der Waals surface area (Å²) >= 11 is 0. The van der Waals surface area contributed by atoms with E-state index in [2.05, 4.69) is 11.4 Å². The second kappa shape index (κ2) is 5.64. The Morgan fingerprint density at radius 2 is 2.15 bits per heavy atom. The normalized spacial score (nSPS) is 26.8. The number of benzene rings is 1. The number of hydrogen-bond donors (Lipinski definition) is 2. The van der Waals surface area contributed by atoms with E-state index in [9.17, 15) is 4.79 Å². The fraction of sp³-hybridized carbons (Fsp3) is 0.500. The summed E-state index contributed by atoms with van der Waals surface area (Å²) in [6.45, 7) is 3.90. The third kappa shape index (κ3) is 2.68. The Morgan fingerprint density at radius 3 is 2.65 bits per heavy atom. The van der Waals surface area contributed by atoms with Gasteiger partial charge in [0.25, 0.3) is 0 Å². The van der Waals surface area contributed by atoms with Crippen LogP contribution in [0, 0.1) is 16.7 Å². The van der Waals surface area contributed by atoms with Gasteiger partial charge in [0.15, 0.2) is 0 Å². The van der Waals surface area contributed by atoms with Crippen molar-refractivity contribution < 1.29 is 4.79 Å². The predicted molar refractivity (Wildman–Crippen MR) is 77.6 cm³/mol. The highest BCUT2D eigenvalue weighted by Gasteiger charge is 2.43. The van der Waals surface area contributed by atoms with Gasteiger partial charge in [-0.2, -0.15) is 5.26 Å². The Kier molecular flexibility index (Phi) is 4.10. The second-order valence-electron chi connectivity index (χ2n) is 5.85. The van der Waals surface area contributed by atoms with Crippen LogP contribution in [-0.4, -0.2) is 11.9 Å². The third-order valence-corrected chi connectivity index (χ3v) is 4.44. The Balaban J connectivity index is 2.05. The van der Waals surface area contributed by atoms with Crippen molar-refractivity contribution in [2.24, 2.45) is 11.1 Å². The SMILES string of the molecule is CC(NC(=O)C1(C)CCCC1N)c1ccc(C#N)cc1. The standard InChI is InChI=1S/C16H21N3O/c1-11(13-7-5-12(10-17)6-8-13)19-15(20)16(2)9-3-4-14(16)18/h5-8,11,14H,3-4,9,18H2,1-2H3,(H,19,20). The Labute approximate surface area is 120 Å². The molecule has 3 unspecified atom stereocenters. The van der Waals surface area contributed by atoms with Gasteiger partial charge >= 0.3 is 0 Å². The van der Waals surface area contributed by atoms with Crippen LogP contribution in [0.15, 0.2) is 24.3 Å². The molecule has 4 nitrogen and oxygen atoms in total. The first kappa shape index (κ1) is 14.5. The van der Waals surface area contributed by atoms with E-state index in [4.69, 9.17) is 11.0 Å². The van der Waals surface area contributed by atoms with E-state index in [1.54, 1.807) is 12.1 Å². The topological polar surface area (TPSA) is 78.9 Å². The van der Waals surface area contributed by atoms with Crippen molar-refractivity contribution in [1.29, 1.82) is 5.26 Å². The molecule has 0 radical (unpaired) electrons. The lowest BCUT2D eigenvalue weighted by Crippen LogP contribution is -2.47. The molecule has 0 heterocycles. The van der Waals surface area contributed by atoms with Gasteiger partial charge in [0.1, 0.15) is 0 Å². The van der Waals surface area contributed by atoms with Crippen LogP contribution in [0.2, 0.25) is 0 Å². The van der Waals surface area contributed by atoms with Gasteiger partial charge in [0.2, 0.25) is 5.91 Å². The van der Waals surface area contributed by atoms with Crippen LogP contribution in [-0.2, 0) is 4.79 Å². The van der Waals surface area contributed by atoms with E-state index in [-0.39, 0.29) is 18.0 Å². The molecular weight excluding hydrogens is 250 g/mol. The Morgan fingerprint density at radius 1 is 1.50 bits per heavy atom. The molecule has 1 aromatic rings. The van der Waals surface area contributed by atoms with Crippen molar-refractivity contribution in [3.63, 3.8) is 0 Å². The van der Waals surface area contributed by atoms with Crippen LogP contribution in [0.25, 0.3) is 0 Å². The van der Waals surface area contributed by atoms with Crippen molar-refractivity contribution in [2.75, 3.05) is 0 Å². The summed E-state index contributed by atoms with van der Waals surface area (Å²) in [6.07, 6.45) is 2.77. The summed E-state index contributed by atoms with van der Waals surface area (Å²) in [7, 11) is 0. The smallest absolute Gasteiger partial charge is 0.227 e. The number of hydrogen-bond acceptors (Lipinski definition) is 3. The number of carbonyl (C=O) groups excluding carboxylic acids is 1. The van der Waals surface area contributed by atoms with Gasteiger partial charge in [0.05, 0.1) is 23.1 Å². The Bertz CT molecular complexity index is 532. The van der Waals surface area contributed by atoms with Gasteiger partial charge in [-0.1, -0.05) is 18.6 Å². The van der Waals surface area contributed by atoms with E-state index in [1.165, 1.54) is 0 Å². The zero-order valence-electron chi connectivity index (χ0n) is 12.0. The number of nitriles is 1. The average Bonchev–Trinajstić information content (AvgIpc) is 2.80. The Hall–Kier alpha value is -1.86. The zero-order chi connectivity index (χ0) is 14.8. The highest BCUT2D eigenvalue weighted by molar-refractivity contribution is 5.83. The molecule has 0 spiro atoms. The minimum Gasteiger partial charge on any atom is -0.349 e. The monoisotopic (exact) mass is 271 g/mol. The minimum atomic E-state index is -0.457. The average molecular weight is 271 g/mol. The van der Waals surface area contributed by atoms with E-state index >= 15 is 0 Å². The summed E-state index contributed by atoms with van der Waals surface area (Å²) in [5, 5.41) is 11.8. The van der Waals surface area contributed by atoms with Crippen LogP contribution in [0.5, 0.6) is 0 Å². The summed E-state index contributed by atoms with van der Waals surface area (Å²) < 4.78 is 0. The molecule has 2 rings (SSSR count). The largest absolute Gasteiger partial charge is 0.349 e. The molecule has 4 heteroatoms. The number of nitrogens with one attached hydrogen (secondary N) is 1. The lowest BCUT2D eigenvalue weighted by atomic mass is 9.84. The van der Waals surface area contributed by atoms with Crippen LogP contribution >= 0.6 is 0 Å². The maximum atomic E-state index is 12.4. The van der Waals surface area contributed by atoms with Crippen molar-refractivity contribution in [1.82, 2.24) is 5.32 Å². The molecule has 3 atom stereocenters. The third-order valence-electron chi connectivity index (χ3n) is 4.44. The van der Waals surface area contributed by atoms with Crippen molar-refractivity contribution in [2.45, 2.75) is 45.2 Å². The molecule has 0 saturated heterocycles. The lowest BCUT2D eigenvalue weighted by molar-refractivity contribution is -0.131. The van der Waals surface area contributed by atoms with E-state index < -0.39 is 5.41 Å². The van der Waals surface area contributed by atoms with Gasteiger partial charge in [-0.3, -0.25) is 4.79 Å². The lowest BCUT2D eigenvalue weighted by Gasteiger charge is -2.29. The van der Waals surface area contributed by atoms with Crippen LogP contribution in [0.3, 0.4) is 0 Å². The number of nitrogens with two attached hydrogens (primary N) is 1. The quantitative estimate of drug-likeness (QED) is 0.885. The van der Waals surface area contributed by atoms with Crippen LogP contribution in [0.1, 0.15) is 50.3 Å². The van der Waals surface area contributed by atoms with Crippen molar-refractivity contribution in [3.05, 3.63) is 35.4 Å². The first-order chi connectivity index (χ1) is 9.47. The van der Waals surface area contributed by atoms with E-state index in [1.807, 2.05) is 26.0 Å². The van der Waals surface area contributed by atoms with Gasteiger partial charge in [-0.05, 0) is 44.4 Å². The van der Waals surface area contributed by atoms with E-state index in [0.717, 1.165) is 24.8 Å². The maximum Gasteiger partial charge on any atom is 0.227 e. The fourth-order valence-corrected chi connectivity index (χ4v) is 2.77. The molecule has 1 saturated carbocycles. The summed E-state index contributed by atoms with van der Waals surface area (Å²) in [5.74, 6) is 0.0272. The summed E-state index contributed by atoms with van der Waals surface area (Å²) in [5.41, 5.74) is 7.23. The zero-order valence-corrected chi connectivity index (χ0v) is 12.0. The second-order valence-corrected chi connectivity index (χ2v) is 5.85. The molecule has 20 heavy (non-hydrogen) atoms. The number of nitrogens with zero attached hydrogens (tertiary/aromatic N) is 1. The molecule has 106 valence electrons. The molecule has 0 aromatic heterocycles. The maximum absolute atomic E-state index is 12.4. The highest BCUT2D eigenvalue weighted by atomic mass is 16.2. The molecule has 1 aliphatic carbocycles. The molecule has 3 N–H and O–H groups in total. The van der Waals surface area contributed by atoms with Gasteiger partial charge < -0.3 is 11.1 Å². The number of rotatable bonds is 3. The minimum absolute atomic E-state index is 0.0272. The first-order valence-electron chi connectivity index (χ1n) is 7.04. The van der Waals surface area contributed by atoms with E-state index in [0.29, 0.717) is 5.56 Å². The molecule has 1 fully saturated rings.